The van der Waals surface area contributed by atoms with Gasteiger partial charge in [0.15, 0.2) is 0 Å². The zero-order valence-electron chi connectivity index (χ0n) is 17.2. The Morgan fingerprint density at radius 2 is 1.68 bits per heavy atom. The summed E-state index contributed by atoms with van der Waals surface area (Å²) in [5, 5.41) is 11.7. The number of carboxylic acid groups (broad SMARTS) is 1. The van der Waals surface area contributed by atoms with Gasteiger partial charge in [-0.3, -0.25) is 14.5 Å². The third-order valence-electron chi connectivity index (χ3n) is 4.24. The van der Waals surface area contributed by atoms with Crippen LogP contribution in [0.3, 0.4) is 0 Å². The number of benzene rings is 2. The van der Waals surface area contributed by atoms with Crippen molar-refractivity contribution in [2.24, 2.45) is 0 Å². The minimum Gasteiger partial charge on any atom is -0.480 e. The molecule has 9 heteroatoms. The summed E-state index contributed by atoms with van der Waals surface area (Å²) < 4.78 is 23.0. The zero-order valence-corrected chi connectivity index (χ0v) is 17.2. The molecule has 2 aromatic rings. The van der Waals surface area contributed by atoms with Gasteiger partial charge in [0.05, 0.1) is 6.42 Å². The molecule has 0 atom stereocenters. The third kappa shape index (κ3) is 8.83. The van der Waals surface area contributed by atoms with Crippen LogP contribution in [0.1, 0.15) is 17.5 Å². The smallest absolute Gasteiger partial charge is 0.410 e. The molecule has 0 saturated heterocycles. The second kappa shape index (κ2) is 12.3. The number of rotatable bonds is 11. The van der Waals surface area contributed by atoms with E-state index >= 15 is 0 Å². The normalized spacial score (nSPS) is 10.4. The summed E-state index contributed by atoms with van der Waals surface area (Å²) in [6, 6.07) is 12.4. The minimum atomic E-state index is -1.13. The molecule has 166 valence electrons. The number of carbonyl (C=O) groups excluding carboxylic acids is 2. The molecule has 2 rings (SSSR count). The Hall–Kier alpha value is -3.46. The van der Waals surface area contributed by atoms with Gasteiger partial charge < -0.3 is 19.9 Å². The second-order valence-corrected chi connectivity index (χ2v) is 6.76. The van der Waals surface area contributed by atoms with Crippen LogP contribution in [0.15, 0.2) is 48.5 Å². The molecule has 0 spiro atoms. The summed E-state index contributed by atoms with van der Waals surface area (Å²) in [5.74, 6) is -1.73. The first kappa shape index (κ1) is 23.8. The lowest BCUT2D eigenvalue weighted by Gasteiger charge is -2.20. The number of anilines is 1. The van der Waals surface area contributed by atoms with E-state index < -0.39 is 18.6 Å². The van der Waals surface area contributed by atoms with Crippen molar-refractivity contribution in [1.82, 2.24) is 4.90 Å². The highest BCUT2D eigenvalue weighted by Gasteiger charge is 2.18. The molecule has 0 aliphatic rings. The molecule has 2 amide bonds. The minimum absolute atomic E-state index is 0.0387. The van der Waals surface area contributed by atoms with E-state index in [1.54, 1.807) is 36.4 Å². The molecule has 0 aliphatic heterocycles. The Morgan fingerprint density at radius 3 is 2.29 bits per heavy atom. The average Bonchev–Trinajstić information content (AvgIpc) is 2.74. The zero-order chi connectivity index (χ0) is 22.6. The van der Waals surface area contributed by atoms with Gasteiger partial charge in [0.25, 0.3) is 0 Å². The van der Waals surface area contributed by atoms with Crippen molar-refractivity contribution in [3.63, 3.8) is 0 Å². The number of aliphatic carboxylic acids is 1. The number of nitrogens with zero attached hydrogens (tertiary/aromatic N) is 1. The van der Waals surface area contributed by atoms with Crippen LogP contribution in [0, 0.1) is 5.82 Å². The van der Waals surface area contributed by atoms with Gasteiger partial charge in [-0.1, -0.05) is 24.3 Å². The molecule has 2 aromatic carbocycles. The number of hydrogen-bond donors (Lipinski definition) is 2. The Labute approximate surface area is 179 Å². The summed E-state index contributed by atoms with van der Waals surface area (Å²) in [6.45, 7) is 0.111. The Kier molecular flexibility index (Phi) is 9.44. The number of nitrogens with one attached hydrogen (secondary N) is 1. The van der Waals surface area contributed by atoms with Crippen molar-refractivity contribution in [1.29, 1.82) is 0 Å². The lowest BCUT2D eigenvalue weighted by molar-refractivity contribution is -0.138. The van der Waals surface area contributed by atoms with Crippen LogP contribution < -0.4 is 5.32 Å². The molecule has 2 N–H and O–H groups in total. The van der Waals surface area contributed by atoms with E-state index in [0.717, 1.165) is 4.90 Å². The molecule has 0 aliphatic carbocycles. The molecular weight excluding hydrogens is 407 g/mol. The largest absolute Gasteiger partial charge is 0.480 e. The Morgan fingerprint density at radius 1 is 1.03 bits per heavy atom. The average molecular weight is 432 g/mol. The molecule has 0 unspecified atom stereocenters. The van der Waals surface area contributed by atoms with Crippen molar-refractivity contribution in [2.75, 3.05) is 32.1 Å². The van der Waals surface area contributed by atoms with Crippen molar-refractivity contribution in [3.05, 3.63) is 65.5 Å². The van der Waals surface area contributed by atoms with Crippen molar-refractivity contribution < 1.29 is 33.4 Å². The van der Waals surface area contributed by atoms with Gasteiger partial charge in [0, 0.05) is 25.9 Å². The molecule has 8 nitrogen and oxygen atoms in total. The van der Waals surface area contributed by atoms with Crippen LogP contribution in [0.25, 0.3) is 0 Å². The number of halogens is 1. The van der Waals surface area contributed by atoms with Gasteiger partial charge in [0.1, 0.15) is 19.0 Å². The number of hydrogen-bond acceptors (Lipinski definition) is 5. The number of carboxylic acids is 1. The standard InChI is InChI=1S/C22H25FN2O6/c1-30-12-2-11-25(14-21(27)28)22(29)31-15-17-5-9-19(10-6-17)24-20(26)13-16-3-7-18(23)8-4-16/h3-10H,2,11-15H2,1H3,(H,24,26)(H,27,28). The van der Waals surface area contributed by atoms with E-state index in [1.807, 2.05) is 0 Å². The molecule has 0 saturated carbocycles. The first-order valence-corrected chi connectivity index (χ1v) is 9.63. The fourth-order valence-electron chi connectivity index (χ4n) is 2.71. The van der Waals surface area contributed by atoms with Crippen LogP contribution >= 0.6 is 0 Å². The first-order valence-electron chi connectivity index (χ1n) is 9.63. The van der Waals surface area contributed by atoms with Crippen LogP contribution in [0.5, 0.6) is 0 Å². The maximum absolute atomic E-state index is 12.9. The predicted octanol–water partition coefficient (Wildman–Crippen LogP) is 3.07. The van der Waals surface area contributed by atoms with Crippen molar-refractivity contribution >= 4 is 23.7 Å². The molecule has 0 heterocycles. The quantitative estimate of drug-likeness (QED) is 0.529. The topological polar surface area (TPSA) is 105 Å². The van der Waals surface area contributed by atoms with Crippen LogP contribution in [0.2, 0.25) is 0 Å². The van der Waals surface area contributed by atoms with Crippen molar-refractivity contribution in [3.8, 4) is 0 Å². The number of ether oxygens (including phenoxy) is 2. The van der Waals surface area contributed by atoms with E-state index in [0.29, 0.717) is 29.8 Å². The van der Waals surface area contributed by atoms with E-state index in [-0.39, 0.29) is 31.3 Å². The second-order valence-electron chi connectivity index (χ2n) is 6.76. The van der Waals surface area contributed by atoms with Crippen LogP contribution in [-0.2, 0) is 32.1 Å². The van der Waals surface area contributed by atoms with Gasteiger partial charge in [-0.15, -0.1) is 0 Å². The first-order chi connectivity index (χ1) is 14.9. The summed E-state index contributed by atoms with van der Waals surface area (Å²) in [6.07, 6.45) is -0.122. The summed E-state index contributed by atoms with van der Waals surface area (Å²) in [7, 11) is 1.52. The fourth-order valence-corrected chi connectivity index (χ4v) is 2.71. The lowest BCUT2D eigenvalue weighted by atomic mass is 10.1. The highest BCUT2D eigenvalue weighted by Crippen LogP contribution is 2.12. The fraction of sp³-hybridized carbons (Fsp3) is 0.318. The highest BCUT2D eigenvalue weighted by atomic mass is 19.1. The monoisotopic (exact) mass is 432 g/mol. The molecule has 0 bridgehead atoms. The van der Waals surface area contributed by atoms with Crippen molar-refractivity contribution in [2.45, 2.75) is 19.4 Å². The summed E-state index contributed by atoms with van der Waals surface area (Å²) >= 11 is 0. The predicted molar refractivity (Wildman–Crippen MR) is 111 cm³/mol. The molecule has 0 fully saturated rings. The van der Waals surface area contributed by atoms with Crippen LogP contribution in [-0.4, -0.2) is 54.8 Å². The van der Waals surface area contributed by atoms with E-state index in [4.69, 9.17) is 14.6 Å². The van der Waals surface area contributed by atoms with E-state index in [9.17, 15) is 18.8 Å². The number of amides is 2. The molecule has 0 radical (unpaired) electrons. The lowest BCUT2D eigenvalue weighted by Crippen LogP contribution is -2.37. The SMILES string of the molecule is COCCCN(CC(=O)O)C(=O)OCc1ccc(NC(=O)Cc2ccc(F)cc2)cc1. The number of methoxy groups -OCH3 is 1. The molecule has 0 aromatic heterocycles. The van der Waals surface area contributed by atoms with Gasteiger partial charge in [0.2, 0.25) is 5.91 Å². The number of carbonyl (C=O) groups is 3. The van der Waals surface area contributed by atoms with Gasteiger partial charge in [-0.05, 0) is 41.8 Å². The summed E-state index contributed by atoms with van der Waals surface area (Å²) in [5.41, 5.74) is 1.94. The maximum Gasteiger partial charge on any atom is 0.410 e. The Bertz CT molecular complexity index is 871. The third-order valence-corrected chi connectivity index (χ3v) is 4.24. The van der Waals surface area contributed by atoms with Gasteiger partial charge in [-0.25, -0.2) is 9.18 Å². The maximum atomic E-state index is 12.9. The highest BCUT2D eigenvalue weighted by molar-refractivity contribution is 5.92. The van der Waals surface area contributed by atoms with E-state index in [2.05, 4.69) is 5.32 Å². The molecular formula is C22H25FN2O6. The Balaban J connectivity index is 1.83. The molecule has 31 heavy (non-hydrogen) atoms. The van der Waals surface area contributed by atoms with Gasteiger partial charge >= 0.3 is 12.1 Å². The van der Waals surface area contributed by atoms with Gasteiger partial charge in [-0.2, -0.15) is 0 Å². The van der Waals surface area contributed by atoms with Crippen LogP contribution in [0.4, 0.5) is 14.9 Å². The van der Waals surface area contributed by atoms with E-state index in [1.165, 1.54) is 19.2 Å². The summed E-state index contributed by atoms with van der Waals surface area (Å²) in [4.78, 5) is 36.3.